The van der Waals surface area contributed by atoms with Crippen molar-refractivity contribution in [3.63, 3.8) is 0 Å². The summed E-state index contributed by atoms with van der Waals surface area (Å²) >= 11 is 1.87. The fourth-order valence-corrected chi connectivity index (χ4v) is 4.58. The molecule has 0 saturated carbocycles. The van der Waals surface area contributed by atoms with E-state index in [0.717, 1.165) is 19.1 Å². The Labute approximate surface area is 132 Å². The number of anilines is 1. The van der Waals surface area contributed by atoms with E-state index in [2.05, 4.69) is 42.1 Å². The van der Waals surface area contributed by atoms with Crippen LogP contribution >= 0.6 is 11.3 Å². The zero-order chi connectivity index (χ0) is 14.8. The lowest BCUT2D eigenvalue weighted by molar-refractivity contribution is 0.203. The highest BCUT2D eigenvalue weighted by Gasteiger charge is 2.35. The van der Waals surface area contributed by atoms with Crippen molar-refractivity contribution in [2.75, 3.05) is 31.1 Å². The highest BCUT2D eigenvalue weighted by atomic mass is 32.1. The van der Waals surface area contributed by atoms with Crippen molar-refractivity contribution in [2.24, 2.45) is 0 Å². The molecular formula is C16H28N4S. The van der Waals surface area contributed by atoms with Gasteiger partial charge in [-0.25, -0.2) is 4.98 Å². The Morgan fingerprint density at radius 2 is 2.33 bits per heavy atom. The molecule has 2 aliphatic heterocycles. The van der Waals surface area contributed by atoms with E-state index in [1.807, 2.05) is 11.3 Å². The van der Waals surface area contributed by atoms with Crippen molar-refractivity contribution in [3.05, 3.63) is 11.1 Å². The summed E-state index contributed by atoms with van der Waals surface area (Å²) in [6.07, 6.45) is 5.97. The minimum atomic E-state index is 0.416. The Kier molecular flexibility index (Phi) is 4.82. The summed E-state index contributed by atoms with van der Waals surface area (Å²) in [7, 11) is 0. The first-order valence-electron chi connectivity index (χ1n) is 8.38. The number of nitrogens with one attached hydrogen (secondary N) is 1. The average molecular weight is 308 g/mol. The van der Waals surface area contributed by atoms with Gasteiger partial charge in [-0.05, 0) is 46.2 Å². The van der Waals surface area contributed by atoms with Gasteiger partial charge in [0, 0.05) is 42.3 Å². The first kappa shape index (κ1) is 15.3. The second-order valence-electron chi connectivity index (χ2n) is 6.51. The van der Waals surface area contributed by atoms with Crippen LogP contribution in [0.15, 0.2) is 6.20 Å². The summed E-state index contributed by atoms with van der Waals surface area (Å²) < 4.78 is 0. The molecule has 3 heterocycles. The van der Waals surface area contributed by atoms with Crippen LogP contribution in [0.3, 0.4) is 0 Å². The summed E-state index contributed by atoms with van der Waals surface area (Å²) in [5.41, 5.74) is 0. The molecule has 5 heteroatoms. The van der Waals surface area contributed by atoms with Gasteiger partial charge in [0.25, 0.3) is 0 Å². The van der Waals surface area contributed by atoms with Gasteiger partial charge in [-0.2, -0.15) is 0 Å². The van der Waals surface area contributed by atoms with Gasteiger partial charge in [0.05, 0.1) is 0 Å². The third kappa shape index (κ3) is 3.25. The van der Waals surface area contributed by atoms with Crippen LogP contribution < -0.4 is 10.2 Å². The number of fused-ring (bicyclic) bond motifs is 1. The number of thiazole rings is 1. The van der Waals surface area contributed by atoms with Gasteiger partial charge in [-0.3, -0.25) is 4.90 Å². The monoisotopic (exact) mass is 308 g/mol. The van der Waals surface area contributed by atoms with E-state index in [-0.39, 0.29) is 0 Å². The normalized spacial score (nSPS) is 27.9. The number of hydrogen-bond acceptors (Lipinski definition) is 5. The molecule has 0 amide bonds. The van der Waals surface area contributed by atoms with Crippen LogP contribution in [0.1, 0.15) is 51.0 Å². The first-order chi connectivity index (χ1) is 10.2. The zero-order valence-corrected chi connectivity index (χ0v) is 14.3. The SMILES string of the molecule is CCCNC(C)c1cnc(N2CC3CCCN3CC2C)s1. The molecule has 0 spiro atoms. The van der Waals surface area contributed by atoms with Crippen molar-refractivity contribution >= 4 is 16.5 Å². The topological polar surface area (TPSA) is 31.4 Å². The lowest BCUT2D eigenvalue weighted by atomic mass is 10.1. The second-order valence-corrected chi connectivity index (χ2v) is 7.55. The Morgan fingerprint density at radius 3 is 3.14 bits per heavy atom. The third-order valence-electron chi connectivity index (χ3n) is 4.82. The maximum atomic E-state index is 4.72. The van der Waals surface area contributed by atoms with Crippen LogP contribution in [-0.4, -0.2) is 48.1 Å². The minimum absolute atomic E-state index is 0.416. The molecular weight excluding hydrogens is 280 g/mol. The number of nitrogens with zero attached hydrogens (tertiary/aromatic N) is 3. The Bertz CT molecular complexity index is 461. The second kappa shape index (κ2) is 6.63. The molecule has 2 saturated heterocycles. The number of hydrogen-bond donors (Lipinski definition) is 1. The molecule has 4 nitrogen and oxygen atoms in total. The fraction of sp³-hybridized carbons (Fsp3) is 0.812. The maximum Gasteiger partial charge on any atom is 0.185 e. The molecule has 0 aromatic carbocycles. The predicted octanol–water partition coefficient (Wildman–Crippen LogP) is 2.88. The van der Waals surface area contributed by atoms with Crippen molar-refractivity contribution < 1.29 is 0 Å². The van der Waals surface area contributed by atoms with Crippen LogP contribution in [0.25, 0.3) is 0 Å². The van der Waals surface area contributed by atoms with Gasteiger partial charge in [-0.1, -0.05) is 6.92 Å². The van der Waals surface area contributed by atoms with Crippen LogP contribution in [0.2, 0.25) is 0 Å². The summed E-state index contributed by atoms with van der Waals surface area (Å²) in [5, 5.41) is 4.77. The largest absolute Gasteiger partial charge is 0.343 e. The molecule has 118 valence electrons. The number of rotatable bonds is 5. The van der Waals surface area contributed by atoms with E-state index in [9.17, 15) is 0 Å². The quantitative estimate of drug-likeness (QED) is 0.906. The van der Waals surface area contributed by atoms with Crippen molar-refractivity contribution in [1.29, 1.82) is 0 Å². The standard InChI is InChI=1S/C16H28N4S/c1-4-7-17-13(3)15-9-18-16(21-15)20-11-14-6-5-8-19(14)10-12(20)2/h9,12-14,17H,4-8,10-11H2,1-3H3. The zero-order valence-electron chi connectivity index (χ0n) is 13.5. The van der Waals surface area contributed by atoms with Crippen molar-refractivity contribution in [2.45, 2.75) is 58.2 Å². The smallest absolute Gasteiger partial charge is 0.185 e. The molecule has 3 rings (SSSR count). The van der Waals surface area contributed by atoms with Crippen molar-refractivity contribution in [3.8, 4) is 0 Å². The molecule has 2 aliphatic rings. The minimum Gasteiger partial charge on any atom is -0.343 e. The molecule has 1 N–H and O–H groups in total. The van der Waals surface area contributed by atoms with E-state index in [1.165, 1.54) is 42.4 Å². The molecule has 1 aromatic rings. The number of piperazine rings is 1. The molecule has 1 aromatic heterocycles. The van der Waals surface area contributed by atoms with Gasteiger partial charge in [-0.15, -0.1) is 11.3 Å². The molecule has 3 unspecified atom stereocenters. The first-order valence-corrected chi connectivity index (χ1v) is 9.20. The third-order valence-corrected chi connectivity index (χ3v) is 6.04. The summed E-state index contributed by atoms with van der Waals surface area (Å²) in [6.45, 7) is 11.5. The van der Waals surface area contributed by atoms with Crippen LogP contribution in [-0.2, 0) is 0 Å². The fourth-order valence-electron chi connectivity index (χ4n) is 3.53. The van der Waals surface area contributed by atoms with E-state index in [4.69, 9.17) is 4.98 Å². The molecule has 3 atom stereocenters. The molecule has 21 heavy (non-hydrogen) atoms. The van der Waals surface area contributed by atoms with E-state index >= 15 is 0 Å². The van der Waals surface area contributed by atoms with Gasteiger partial charge in [0.15, 0.2) is 5.13 Å². The van der Waals surface area contributed by atoms with E-state index < -0.39 is 0 Å². The predicted molar refractivity (Wildman–Crippen MR) is 90.2 cm³/mol. The van der Waals surface area contributed by atoms with Gasteiger partial charge >= 0.3 is 0 Å². The van der Waals surface area contributed by atoms with Crippen molar-refractivity contribution in [1.82, 2.24) is 15.2 Å². The van der Waals surface area contributed by atoms with Crippen LogP contribution in [0.4, 0.5) is 5.13 Å². The Balaban J connectivity index is 1.67. The molecule has 0 bridgehead atoms. The number of aromatic nitrogens is 1. The Morgan fingerprint density at radius 1 is 1.48 bits per heavy atom. The average Bonchev–Trinajstić information content (AvgIpc) is 3.11. The van der Waals surface area contributed by atoms with E-state index in [1.54, 1.807) is 0 Å². The summed E-state index contributed by atoms with van der Waals surface area (Å²) in [6, 6.07) is 1.75. The molecule has 0 aliphatic carbocycles. The summed E-state index contributed by atoms with van der Waals surface area (Å²) in [4.78, 5) is 11.3. The van der Waals surface area contributed by atoms with E-state index in [0.29, 0.717) is 12.1 Å². The highest BCUT2D eigenvalue weighted by Crippen LogP contribution is 2.32. The highest BCUT2D eigenvalue weighted by molar-refractivity contribution is 7.15. The van der Waals surface area contributed by atoms with Crippen LogP contribution in [0, 0.1) is 0 Å². The Hall–Kier alpha value is -0.650. The van der Waals surface area contributed by atoms with Crippen LogP contribution in [0.5, 0.6) is 0 Å². The van der Waals surface area contributed by atoms with Gasteiger partial charge < -0.3 is 10.2 Å². The van der Waals surface area contributed by atoms with Gasteiger partial charge in [0.1, 0.15) is 0 Å². The molecule has 0 radical (unpaired) electrons. The maximum absolute atomic E-state index is 4.72. The lowest BCUT2D eigenvalue weighted by Crippen LogP contribution is -2.55. The summed E-state index contributed by atoms with van der Waals surface area (Å²) in [5.74, 6) is 0. The molecule has 2 fully saturated rings. The van der Waals surface area contributed by atoms with Gasteiger partial charge in [0.2, 0.25) is 0 Å². The lowest BCUT2D eigenvalue weighted by Gasteiger charge is -2.42.